The molecule has 1 aliphatic rings. The maximum atomic E-state index is 12.6. The third-order valence-electron chi connectivity index (χ3n) is 4.55. The number of hydrogen-bond donors (Lipinski definition) is 2. The summed E-state index contributed by atoms with van der Waals surface area (Å²) in [5.41, 5.74) is 0.625. The molecule has 1 atom stereocenters. The fourth-order valence-corrected chi connectivity index (χ4v) is 3.87. The number of thioether (sulfide) groups is 1. The summed E-state index contributed by atoms with van der Waals surface area (Å²) >= 11 is 1.29. The molecule has 0 aliphatic carbocycles. The molecule has 0 radical (unpaired) electrons. The van der Waals surface area contributed by atoms with E-state index >= 15 is 0 Å². The molecule has 3 heterocycles. The van der Waals surface area contributed by atoms with Crippen molar-refractivity contribution in [3.05, 3.63) is 48.2 Å². The van der Waals surface area contributed by atoms with Crippen LogP contribution < -0.4 is 20.1 Å². The van der Waals surface area contributed by atoms with Crippen LogP contribution in [0.5, 0.6) is 11.5 Å². The van der Waals surface area contributed by atoms with Crippen molar-refractivity contribution in [1.82, 2.24) is 20.1 Å². The number of furan rings is 1. The molecule has 1 aromatic carbocycles. The van der Waals surface area contributed by atoms with Crippen molar-refractivity contribution < 1.29 is 23.5 Å². The van der Waals surface area contributed by atoms with Gasteiger partial charge in [0.2, 0.25) is 12.7 Å². The number of fused-ring (bicyclic) bond motifs is 1. The summed E-state index contributed by atoms with van der Waals surface area (Å²) in [5, 5.41) is 14.1. The van der Waals surface area contributed by atoms with Crippen molar-refractivity contribution in [2.75, 3.05) is 12.1 Å². The van der Waals surface area contributed by atoms with Crippen LogP contribution in [0.4, 0.5) is 5.69 Å². The molecule has 4 rings (SSSR count). The molecule has 0 unspecified atom stereocenters. The van der Waals surface area contributed by atoms with E-state index in [0.29, 0.717) is 34.7 Å². The summed E-state index contributed by atoms with van der Waals surface area (Å²) in [4.78, 5) is 24.7. The molecule has 2 N–H and O–H groups in total. The second-order valence-electron chi connectivity index (χ2n) is 6.62. The molecule has 0 fully saturated rings. The zero-order valence-corrected chi connectivity index (χ0v) is 17.8. The van der Waals surface area contributed by atoms with E-state index in [1.54, 1.807) is 37.3 Å². The Labute approximate surface area is 182 Å². The Balaban J connectivity index is 1.36. The second kappa shape index (κ2) is 9.13. The van der Waals surface area contributed by atoms with Crippen LogP contribution in [0.15, 0.2) is 46.2 Å². The lowest BCUT2D eigenvalue weighted by Crippen LogP contribution is -2.25. The van der Waals surface area contributed by atoms with Gasteiger partial charge in [0.15, 0.2) is 28.2 Å². The Morgan fingerprint density at radius 3 is 2.84 bits per heavy atom. The second-order valence-corrected chi connectivity index (χ2v) is 7.93. The van der Waals surface area contributed by atoms with E-state index < -0.39 is 5.25 Å². The van der Waals surface area contributed by atoms with Crippen molar-refractivity contribution in [3.8, 4) is 11.5 Å². The molecule has 3 aromatic rings. The Bertz CT molecular complexity index is 1080. The molecule has 0 saturated carbocycles. The SMILES string of the molecule is CCn1c(CNC(=O)c2ccco2)nnc1S[C@H](C)C(=O)Nc1ccc2c(c1)OCO2. The van der Waals surface area contributed by atoms with Crippen LogP contribution in [0.25, 0.3) is 0 Å². The first-order chi connectivity index (χ1) is 15.0. The van der Waals surface area contributed by atoms with Crippen LogP contribution in [0.3, 0.4) is 0 Å². The van der Waals surface area contributed by atoms with Gasteiger partial charge in [0, 0.05) is 18.3 Å². The lowest BCUT2D eigenvalue weighted by Gasteiger charge is -2.13. The third kappa shape index (κ3) is 4.66. The number of benzene rings is 1. The average molecular weight is 443 g/mol. The number of nitrogens with zero attached hydrogens (tertiary/aromatic N) is 3. The first-order valence-corrected chi connectivity index (χ1v) is 10.5. The molecule has 1 aliphatic heterocycles. The minimum absolute atomic E-state index is 0.177. The van der Waals surface area contributed by atoms with Gasteiger partial charge in [-0.05, 0) is 38.1 Å². The van der Waals surface area contributed by atoms with Crippen molar-refractivity contribution in [2.45, 2.75) is 37.3 Å². The first kappa shape index (κ1) is 20.8. The average Bonchev–Trinajstić information content (AvgIpc) is 3.52. The van der Waals surface area contributed by atoms with Gasteiger partial charge < -0.3 is 29.1 Å². The molecule has 0 bridgehead atoms. The van der Waals surface area contributed by atoms with E-state index in [-0.39, 0.29) is 30.9 Å². The van der Waals surface area contributed by atoms with Gasteiger partial charge >= 0.3 is 0 Å². The molecule has 2 amide bonds. The fourth-order valence-electron chi connectivity index (χ4n) is 2.94. The number of amides is 2. The number of carbonyl (C=O) groups excluding carboxylic acids is 2. The van der Waals surface area contributed by atoms with Crippen LogP contribution in [-0.4, -0.2) is 38.6 Å². The van der Waals surface area contributed by atoms with Crippen molar-refractivity contribution in [3.63, 3.8) is 0 Å². The van der Waals surface area contributed by atoms with E-state index in [1.165, 1.54) is 18.0 Å². The van der Waals surface area contributed by atoms with Gasteiger partial charge in [-0.15, -0.1) is 10.2 Å². The summed E-state index contributed by atoms with van der Waals surface area (Å²) in [6, 6.07) is 8.48. The lowest BCUT2D eigenvalue weighted by molar-refractivity contribution is -0.115. The van der Waals surface area contributed by atoms with Gasteiger partial charge in [0.05, 0.1) is 18.1 Å². The highest BCUT2D eigenvalue weighted by molar-refractivity contribution is 8.00. The van der Waals surface area contributed by atoms with Crippen molar-refractivity contribution in [2.24, 2.45) is 0 Å². The normalized spacial score (nSPS) is 13.1. The van der Waals surface area contributed by atoms with Crippen LogP contribution in [0.2, 0.25) is 0 Å². The third-order valence-corrected chi connectivity index (χ3v) is 5.63. The van der Waals surface area contributed by atoms with Gasteiger partial charge in [-0.25, -0.2) is 0 Å². The number of ether oxygens (including phenoxy) is 2. The lowest BCUT2D eigenvalue weighted by atomic mass is 10.2. The predicted octanol–water partition coefficient (Wildman–Crippen LogP) is 2.67. The minimum Gasteiger partial charge on any atom is -0.459 e. The highest BCUT2D eigenvalue weighted by Crippen LogP contribution is 2.34. The highest BCUT2D eigenvalue weighted by atomic mass is 32.2. The Hall–Kier alpha value is -3.47. The summed E-state index contributed by atoms with van der Waals surface area (Å²) in [7, 11) is 0. The van der Waals surface area contributed by atoms with Crippen molar-refractivity contribution in [1.29, 1.82) is 0 Å². The number of anilines is 1. The summed E-state index contributed by atoms with van der Waals surface area (Å²) in [5.74, 6) is 1.57. The maximum absolute atomic E-state index is 12.6. The fraction of sp³-hybridized carbons (Fsp3) is 0.300. The Morgan fingerprint density at radius 1 is 1.23 bits per heavy atom. The van der Waals surface area contributed by atoms with Crippen LogP contribution >= 0.6 is 11.8 Å². The topological polar surface area (TPSA) is 121 Å². The molecule has 11 heteroatoms. The largest absolute Gasteiger partial charge is 0.459 e. The highest BCUT2D eigenvalue weighted by Gasteiger charge is 2.21. The Kier molecular flexibility index (Phi) is 6.12. The van der Waals surface area contributed by atoms with Crippen molar-refractivity contribution >= 4 is 29.3 Å². The molecule has 10 nitrogen and oxygen atoms in total. The standard InChI is InChI=1S/C20H21N5O5S/c1-3-25-17(10-21-19(27)15-5-4-8-28-15)23-24-20(25)31-12(2)18(26)22-13-6-7-14-16(9-13)30-11-29-14/h4-9,12H,3,10-11H2,1-2H3,(H,21,27)(H,22,26)/t12-/m1/s1. The van der Waals surface area contributed by atoms with E-state index in [9.17, 15) is 9.59 Å². The van der Waals surface area contributed by atoms with E-state index in [4.69, 9.17) is 13.9 Å². The number of hydrogen-bond acceptors (Lipinski definition) is 8. The number of rotatable bonds is 8. The summed E-state index contributed by atoms with van der Waals surface area (Å²) < 4.78 is 17.6. The van der Waals surface area contributed by atoms with Crippen LogP contribution in [0.1, 0.15) is 30.2 Å². The van der Waals surface area contributed by atoms with Gasteiger partial charge in [-0.1, -0.05) is 11.8 Å². The molecule has 162 valence electrons. The van der Waals surface area contributed by atoms with E-state index in [1.807, 2.05) is 11.5 Å². The molecule has 2 aromatic heterocycles. The quantitative estimate of drug-likeness (QED) is 0.510. The molecule has 0 spiro atoms. The zero-order valence-electron chi connectivity index (χ0n) is 17.0. The van der Waals surface area contributed by atoms with Gasteiger partial charge in [0.25, 0.3) is 5.91 Å². The Morgan fingerprint density at radius 2 is 2.06 bits per heavy atom. The number of aromatic nitrogens is 3. The minimum atomic E-state index is -0.425. The molecule has 31 heavy (non-hydrogen) atoms. The van der Waals surface area contributed by atoms with E-state index in [0.717, 1.165) is 0 Å². The summed E-state index contributed by atoms with van der Waals surface area (Å²) in [6.45, 7) is 4.70. The number of nitrogens with one attached hydrogen (secondary N) is 2. The smallest absolute Gasteiger partial charge is 0.287 e. The molecular weight excluding hydrogens is 422 g/mol. The van der Waals surface area contributed by atoms with Crippen LogP contribution in [0, 0.1) is 0 Å². The maximum Gasteiger partial charge on any atom is 0.287 e. The monoisotopic (exact) mass is 443 g/mol. The van der Waals surface area contributed by atoms with Crippen LogP contribution in [-0.2, 0) is 17.9 Å². The summed E-state index contributed by atoms with van der Waals surface area (Å²) in [6.07, 6.45) is 1.44. The van der Waals surface area contributed by atoms with Gasteiger partial charge in [-0.2, -0.15) is 0 Å². The number of carbonyl (C=O) groups is 2. The predicted molar refractivity (Wildman–Crippen MR) is 112 cm³/mol. The van der Waals surface area contributed by atoms with Gasteiger partial charge in [0.1, 0.15) is 0 Å². The van der Waals surface area contributed by atoms with Gasteiger partial charge in [-0.3, -0.25) is 9.59 Å². The molecule has 0 saturated heterocycles. The first-order valence-electron chi connectivity index (χ1n) is 9.66. The molecular formula is C20H21N5O5S. The van der Waals surface area contributed by atoms with E-state index in [2.05, 4.69) is 20.8 Å². The zero-order chi connectivity index (χ0) is 21.8.